The molecule has 33 heavy (non-hydrogen) atoms. The number of hydrogen-bond donors (Lipinski definition) is 2. The Morgan fingerprint density at radius 3 is 2.64 bits per heavy atom. The normalized spacial score (nSPS) is 14.0. The molecule has 2 aromatic carbocycles. The average molecular weight is 449 g/mol. The van der Waals surface area contributed by atoms with Crippen molar-refractivity contribution in [3.05, 3.63) is 82.6 Å². The molecule has 0 fully saturated rings. The van der Waals surface area contributed by atoms with Gasteiger partial charge in [-0.15, -0.1) is 0 Å². The number of furan rings is 1. The van der Waals surface area contributed by atoms with Crippen LogP contribution >= 0.6 is 0 Å². The summed E-state index contributed by atoms with van der Waals surface area (Å²) in [5.41, 5.74) is 6.48. The van der Waals surface area contributed by atoms with Gasteiger partial charge < -0.3 is 14.5 Å². The zero-order valence-corrected chi connectivity index (χ0v) is 18.4. The number of benzene rings is 2. The van der Waals surface area contributed by atoms with Crippen LogP contribution in [0.4, 0.5) is 15.8 Å². The minimum atomic E-state index is -0.509. The summed E-state index contributed by atoms with van der Waals surface area (Å²) in [4.78, 5) is 25.3. The highest BCUT2D eigenvalue weighted by Gasteiger charge is 2.28. The van der Waals surface area contributed by atoms with Crippen molar-refractivity contribution in [2.24, 2.45) is 5.10 Å². The first-order valence-electron chi connectivity index (χ1n) is 10.8. The van der Waals surface area contributed by atoms with E-state index >= 15 is 0 Å². The lowest BCUT2D eigenvalue weighted by atomic mass is 9.93. The molecule has 0 saturated heterocycles. The number of esters is 1. The molecular weight excluding hydrogens is 425 g/mol. The maximum Gasteiger partial charge on any atom is 0.340 e. The second kappa shape index (κ2) is 9.68. The summed E-state index contributed by atoms with van der Waals surface area (Å²) < 4.78 is 24.1. The van der Waals surface area contributed by atoms with Crippen LogP contribution in [0.25, 0.3) is 0 Å². The zero-order valence-electron chi connectivity index (χ0n) is 18.4. The van der Waals surface area contributed by atoms with Crippen LogP contribution in [-0.2, 0) is 11.2 Å². The van der Waals surface area contributed by atoms with Crippen LogP contribution in [0.5, 0.6) is 0 Å². The third kappa shape index (κ3) is 4.79. The van der Waals surface area contributed by atoms with Gasteiger partial charge in [0, 0.05) is 17.5 Å². The molecule has 0 radical (unpaired) electrons. The van der Waals surface area contributed by atoms with E-state index < -0.39 is 11.9 Å². The van der Waals surface area contributed by atoms with E-state index in [9.17, 15) is 14.0 Å². The fourth-order valence-corrected chi connectivity index (χ4v) is 3.81. The number of hydrazone groups is 1. The number of rotatable bonds is 6. The molecule has 170 valence electrons. The van der Waals surface area contributed by atoms with Crippen molar-refractivity contribution in [3.63, 3.8) is 0 Å². The Morgan fingerprint density at radius 2 is 1.88 bits per heavy atom. The highest BCUT2D eigenvalue weighted by molar-refractivity contribution is 6.11. The van der Waals surface area contributed by atoms with E-state index in [0.29, 0.717) is 35.5 Å². The van der Waals surface area contributed by atoms with E-state index in [0.717, 1.165) is 17.7 Å². The maximum atomic E-state index is 13.1. The van der Waals surface area contributed by atoms with Crippen LogP contribution in [0.15, 0.2) is 58.0 Å². The minimum absolute atomic E-state index is 0.176. The minimum Gasteiger partial charge on any atom is -0.462 e. The lowest BCUT2D eigenvalue weighted by Crippen LogP contribution is -2.16. The van der Waals surface area contributed by atoms with Crippen LogP contribution in [-0.4, -0.2) is 24.2 Å². The number of carbonyl (C=O) groups is 2. The number of para-hydroxylation sites is 1. The number of amides is 1. The summed E-state index contributed by atoms with van der Waals surface area (Å²) in [6.07, 6.45) is 2.24. The number of aryl methyl sites for hydroxylation is 1. The van der Waals surface area contributed by atoms with E-state index in [1.807, 2.05) is 6.92 Å². The number of carbonyl (C=O) groups excluding carboxylic acids is 2. The lowest BCUT2D eigenvalue weighted by molar-refractivity contribution is 0.0527. The van der Waals surface area contributed by atoms with Gasteiger partial charge in [-0.3, -0.25) is 10.2 Å². The van der Waals surface area contributed by atoms with Crippen molar-refractivity contribution >= 4 is 29.0 Å². The Morgan fingerprint density at radius 1 is 1.12 bits per heavy atom. The molecule has 1 amide bonds. The molecular formula is C25H24FN3O4. The molecule has 0 spiro atoms. The number of halogens is 1. The van der Waals surface area contributed by atoms with E-state index in [4.69, 9.17) is 9.15 Å². The molecule has 4 rings (SSSR count). The summed E-state index contributed by atoms with van der Waals surface area (Å²) in [5, 5.41) is 7.26. The van der Waals surface area contributed by atoms with Crippen molar-refractivity contribution < 1.29 is 23.1 Å². The number of ether oxygens (including phenoxy) is 1. The van der Waals surface area contributed by atoms with Crippen molar-refractivity contribution in [3.8, 4) is 0 Å². The number of nitrogens with zero attached hydrogens (tertiary/aromatic N) is 1. The van der Waals surface area contributed by atoms with Gasteiger partial charge in [0.1, 0.15) is 11.6 Å². The Hall–Kier alpha value is -3.94. The van der Waals surface area contributed by atoms with Crippen LogP contribution in [0.2, 0.25) is 0 Å². The number of fused-ring (bicyclic) bond motifs is 1. The fraction of sp³-hybridized carbons (Fsp3) is 0.240. The molecule has 0 atom stereocenters. The van der Waals surface area contributed by atoms with Crippen molar-refractivity contribution in [2.45, 2.75) is 33.1 Å². The van der Waals surface area contributed by atoms with E-state index in [1.54, 1.807) is 43.3 Å². The molecule has 0 unspecified atom stereocenters. The topological polar surface area (TPSA) is 92.9 Å². The summed E-state index contributed by atoms with van der Waals surface area (Å²) in [7, 11) is 0. The van der Waals surface area contributed by atoms with Crippen LogP contribution < -0.4 is 10.7 Å². The summed E-state index contributed by atoms with van der Waals surface area (Å²) in [6, 6.07) is 12.6. The Kier molecular flexibility index (Phi) is 6.53. The summed E-state index contributed by atoms with van der Waals surface area (Å²) in [5.74, 6) is -0.411. The molecule has 3 aromatic rings. The second-order valence-corrected chi connectivity index (χ2v) is 7.61. The first kappa shape index (κ1) is 22.3. The highest BCUT2D eigenvalue weighted by Crippen LogP contribution is 2.31. The average Bonchev–Trinajstić information content (AvgIpc) is 3.16. The monoisotopic (exact) mass is 449 g/mol. The molecule has 1 aliphatic rings. The second-order valence-electron chi connectivity index (χ2n) is 7.61. The highest BCUT2D eigenvalue weighted by atomic mass is 19.1. The predicted molar refractivity (Wildman–Crippen MR) is 123 cm³/mol. The number of nitrogens with one attached hydrogen (secondary N) is 2. The third-order valence-corrected chi connectivity index (χ3v) is 5.37. The number of hydrogen-bond acceptors (Lipinski definition) is 6. The first-order chi connectivity index (χ1) is 16.0. The maximum absolute atomic E-state index is 13.1. The molecule has 8 heteroatoms. The predicted octanol–water partition coefficient (Wildman–Crippen LogP) is 5.31. The van der Waals surface area contributed by atoms with Gasteiger partial charge in [-0.2, -0.15) is 5.10 Å². The molecule has 2 N–H and O–H groups in total. The molecule has 1 heterocycles. The first-order valence-corrected chi connectivity index (χ1v) is 10.8. The third-order valence-electron chi connectivity index (χ3n) is 5.37. The largest absolute Gasteiger partial charge is 0.462 e. The Balaban J connectivity index is 1.59. The fourth-order valence-electron chi connectivity index (χ4n) is 3.81. The van der Waals surface area contributed by atoms with E-state index in [2.05, 4.69) is 15.8 Å². The van der Waals surface area contributed by atoms with Crippen LogP contribution in [0.3, 0.4) is 0 Å². The van der Waals surface area contributed by atoms with Crippen molar-refractivity contribution in [2.75, 3.05) is 17.3 Å². The Bertz CT molecular complexity index is 1210. The van der Waals surface area contributed by atoms with Gasteiger partial charge >= 0.3 is 5.97 Å². The van der Waals surface area contributed by atoms with Gasteiger partial charge in [-0.25, -0.2) is 9.18 Å². The van der Waals surface area contributed by atoms with Crippen molar-refractivity contribution in [1.82, 2.24) is 0 Å². The molecule has 1 aliphatic carbocycles. The lowest BCUT2D eigenvalue weighted by Gasteiger charge is -2.13. The van der Waals surface area contributed by atoms with Crippen LogP contribution in [0, 0.1) is 12.7 Å². The SMILES string of the molecule is CCOC(=O)c1ccccc1NC(=O)c1oc2c(c1C)/C(=N/Nc1ccc(F)cc1)CCC2. The van der Waals surface area contributed by atoms with Gasteiger partial charge in [0.2, 0.25) is 0 Å². The summed E-state index contributed by atoms with van der Waals surface area (Å²) >= 11 is 0. The Labute approximate surface area is 190 Å². The van der Waals surface area contributed by atoms with Crippen LogP contribution in [0.1, 0.15) is 57.6 Å². The van der Waals surface area contributed by atoms with Gasteiger partial charge in [-0.1, -0.05) is 12.1 Å². The van der Waals surface area contributed by atoms with Gasteiger partial charge in [0.15, 0.2) is 5.76 Å². The molecule has 7 nitrogen and oxygen atoms in total. The standard InChI is InChI=1S/C25H24FN3O4/c1-3-32-25(31)18-7-4-5-8-19(18)27-24(30)23-15(2)22-20(9-6-10-21(22)33-23)29-28-17-13-11-16(26)12-14-17/h4-5,7-8,11-14,28H,3,6,9-10H2,1-2H3,(H,27,30)/b29-20+. The zero-order chi connectivity index (χ0) is 23.4. The number of anilines is 2. The van der Waals surface area contributed by atoms with Gasteiger partial charge in [0.25, 0.3) is 5.91 Å². The van der Waals surface area contributed by atoms with E-state index in [1.165, 1.54) is 12.1 Å². The molecule has 0 bridgehead atoms. The van der Waals surface area contributed by atoms with Gasteiger partial charge in [-0.05, 0) is 63.1 Å². The van der Waals surface area contributed by atoms with Gasteiger partial charge in [0.05, 0.1) is 29.3 Å². The van der Waals surface area contributed by atoms with Crippen molar-refractivity contribution in [1.29, 1.82) is 0 Å². The molecule has 0 saturated carbocycles. The quantitative estimate of drug-likeness (QED) is 0.393. The summed E-state index contributed by atoms with van der Waals surface area (Å²) in [6.45, 7) is 3.77. The van der Waals surface area contributed by atoms with E-state index in [-0.39, 0.29) is 23.7 Å². The molecule has 0 aliphatic heterocycles. The molecule has 1 aromatic heterocycles. The smallest absolute Gasteiger partial charge is 0.340 e.